The van der Waals surface area contributed by atoms with Crippen LogP contribution in [0, 0.1) is 0 Å². The number of amides is 1. The predicted octanol–water partition coefficient (Wildman–Crippen LogP) is 4.51. The molecule has 0 heterocycles. The van der Waals surface area contributed by atoms with E-state index in [1.165, 1.54) is 11.8 Å². The molecule has 25 heavy (non-hydrogen) atoms. The van der Waals surface area contributed by atoms with Crippen molar-refractivity contribution in [2.24, 2.45) is 5.10 Å². The van der Waals surface area contributed by atoms with Crippen LogP contribution in [0.2, 0.25) is 5.02 Å². The van der Waals surface area contributed by atoms with E-state index >= 15 is 0 Å². The molecule has 2 aromatic carbocycles. The number of hydrogen-bond acceptors (Lipinski definition) is 4. The average molecular weight is 377 g/mol. The molecule has 1 amide bonds. The maximum Gasteiger partial charge on any atom is 0.250 e. The summed E-state index contributed by atoms with van der Waals surface area (Å²) in [5.74, 6) is 1.79. The number of thioether (sulfide) groups is 1. The second-order valence-corrected chi connectivity index (χ2v) is 7.07. The standard InChI is InChI=1S/C19H21ClN2O2S/c1-14(2)24-18-9-5-15(6-10-18)11-21-22-19(23)13-25-12-16-3-7-17(20)8-4-16/h3-11,14H,12-13H2,1-2H3,(H,22,23). The van der Waals surface area contributed by atoms with E-state index in [-0.39, 0.29) is 12.0 Å². The number of halogens is 1. The van der Waals surface area contributed by atoms with Gasteiger partial charge in [0.2, 0.25) is 5.91 Å². The molecular formula is C19H21ClN2O2S. The van der Waals surface area contributed by atoms with Crippen LogP contribution in [0.3, 0.4) is 0 Å². The lowest BCUT2D eigenvalue weighted by atomic mass is 10.2. The first-order chi connectivity index (χ1) is 12.0. The maximum atomic E-state index is 11.8. The summed E-state index contributed by atoms with van der Waals surface area (Å²) in [6, 6.07) is 15.1. The fourth-order valence-electron chi connectivity index (χ4n) is 1.96. The SMILES string of the molecule is CC(C)Oc1ccc(C=NNC(=O)CSCc2ccc(Cl)cc2)cc1. The third kappa shape index (κ3) is 7.63. The second kappa shape index (κ2) is 10.1. The van der Waals surface area contributed by atoms with E-state index in [2.05, 4.69) is 10.5 Å². The molecule has 0 aliphatic carbocycles. The molecule has 0 fully saturated rings. The van der Waals surface area contributed by atoms with Gasteiger partial charge in [-0.3, -0.25) is 4.79 Å². The van der Waals surface area contributed by atoms with E-state index in [4.69, 9.17) is 16.3 Å². The van der Waals surface area contributed by atoms with Crippen molar-refractivity contribution in [1.29, 1.82) is 0 Å². The average Bonchev–Trinajstić information content (AvgIpc) is 2.58. The second-order valence-electron chi connectivity index (χ2n) is 5.65. The van der Waals surface area contributed by atoms with Crippen molar-refractivity contribution in [2.45, 2.75) is 25.7 Å². The monoisotopic (exact) mass is 376 g/mol. The van der Waals surface area contributed by atoms with Crippen molar-refractivity contribution in [3.63, 3.8) is 0 Å². The molecule has 0 saturated carbocycles. The Labute approximate surface area is 157 Å². The Morgan fingerprint density at radius 1 is 1.20 bits per heavy atom. The van der Waals surface area contributed by atoms with Gasteiger partial charge in [0.1, 0.15) is 5.75 Å². The number of benzene rings is 2. The Bertz CT molecular complexity index is 700. The molecule has 0 radical (unpaired) electrons. The van der Waals surface area contributed by atoms with Gasteiger partial charge in [0.05, 0.1) is 18.1 Å². The number of hydrazone groups is 1. The molecule has 0 aliphatic rings. The lowest BCUT2D eigenvalue weighted by Gasteiger charge is -2.09. The van der Waals surface area contributed by atoms with E-state index in [0.29, 0.717) is 10.8 Å². The molecule has 0 atom stereocenters. The van der Waals surface area contributed by atoms with Gasteiger partial charge in [-0.2, -0.15) is 5.10 Å². The first kappa shape index (κ1) is 19.3. The van der Waals surface area contributed by atoms with Gasteiger partial charge in [-0.05, 0) is 61.4 Å². The van der Waals surface area contributed by atoms with Crippen molar-refractivity contribution in [2.75, 3.05) is 5.75 Å². The minimum atomic E-state index is -0.130. The van der Waals surface area contributed by atoms with E-state index in [9.17, 15) is 4.79 Å². The topological polar surface area (TPSA) is 50.7 Å². The van der Waals surface area contributed by atoms with Crippen LogP contribution in [-0.2, 0) is 10.5 Å². The highest BCUT2D eigenvalue weighted by molar-refractivity contribution is 7.99. The van der Waals surface area contributed by atoms with E-state index in [1.54, 1.807) is 6.21 Å². The Morgan fingerprint density at radius 3 is 2.52 bits per heavy atom. The van der Waals surface area contributed by atoms with Crippen LogP contribution in [0.5, 0.6) is 5.75 Å². The van der Waals surface area contributed by atoms with Crippen LogP contribution in [0.4, 0.5) is 0 Å². The van der Waals surface area contributed by atoms with Crippen LogP contribution in [0.1, 0.15) is 25.0 Å². The number of carbonyl (C=O) groups is 1. The Kier molecular flexibility index (Phi) is 7.82. The zero-order valence-corrected chi connectivity index (χ0v) is 15.8. The van der Waals surface area contributed by atoms with Crippen molar-refractivity contribution in [3.05, 3.63) is 64.7 Å². The molecule has 2 aromatic rings. The lowest BCUT2D eigenvalue weighted by Crippen LogP contribution is -2.19. The first-order valence-corrected chi connectivity index (χ1v) is 9.47. The number of carbonyl (C=O) groups excluding carboxylic acids is 1. The third-order valence-electron chi connectivity index (χ3n) is 3.07. The minimum Gasteiger partial charge on any atom is -0.491 e. The highest BCUT2D eigenvalue weighted by atomic mass is 35.5. The number of ether oxygens (including phenoxy) is 1. The molecule has 0 bridgehead atoms. The summed E-state index contributed by atoms with van der Waals surface area (Å²) in [7, 11) is 0. The molecule has 6 heteroatoms. The van der Waals surface area contributed by atoms with E-state index < -0.39 is 0 Å². The van der Waals surface area contributed by atoms with E-state index in [1.807, 2.05) is 62.4 Å². The fraction of sp³-hybridized carbons (Fsp3) is 0.263. The van der Waals surface area contributed by atoms with Crippen LogP contribution in [-0.4, -0.2) is 24.0 Å². The Balaban J connectivity index is 1.70. The van der Waals surface area contributed by atoms with Gasteiger partial charge in [-0.1, -0.05) is 23.7 Å². The van der Waals surface area contributed by atoms with Gasteiger partial charge < -0.3 is 4.74 Å². The zero-order chi connectivity index (χ0) is 18.1. The smallest absolute Gasteiger partial charge is 0.250 e. The van der Waals surface area contributed by atoms with Gasteiger partial charge >= 0.3 is 0 Å². The highest BCUT2D eigenvalue weighted by Gasteiger charge is 2.01. The van der Waals surface area contributed by atoms with Crippen LogP contribution in [0.15, 0.2) is 53.6 Å². The molecule has 0 aliphatic heterocycles. The van der Waals surface area contributed by atoms with Crippen LogP contribution < -0.4 is 10.2 Å². The van der Waals surface area contributed by atoms with Crippen LogP contribution in [0.25, 0.3) is 0 Å². The lowest BCUT2D eigenvalue weighted by molar-refractivity contribution is -0.118. The summed E-state index contributed by atoms with van der Waals surface area (Å²) < 4.78 is 5.57. The molecule has 4 nitrogen and oxygen atoms in total. The predicted molar refractivity (Wildman–Crippen MR) is 106 cm³/mol. The van der Waals surface area contributed by atoms with Crippen molar-refractivity contribution in [3.8, 4) is 5.75 Å². The Hall–Kier alpha value is -1.98. The summed E-state index contributed by atoms with van der Waals surface area (Å²) in [4.78, 5) is 11.8. The minimum absolute atomic E-state index is 0.130. The summed E-state index contributed by atoms with van der Waals surface area (Å²) in [5, 5.41) is 4.69. The molecule has 0 saturated heterocycles. The quantitative estimate of drug-likeness (QED) is 0.544. The summed E-state index contributed by atoms with van der Waals surface area (Å²) >= 11 is 7.37. The highest BCUT2D eigenvalue weighted by Crippen LogP contribution is 2.15. The van der Waals surface area contributed by atoms with E-state index in [0.717, 1.165) is 22.6 Å². The molecule has 2 rings (SSSR count). The third-order valence-corrected chi connectivity index (χ3v) is 4.33. The van der Waals surface area contributed by atoms with Gasteiger partial charge in [-0.25, -0.2) is 5.43 Å². The van der Waals surface area contributed by atoms with Crippen molar-refractivity contribution >= 4 is 35.5 Å². The molecule has 0 unspecified atom stereocenters. The number of nitrogens with zero attached hydrogens (tertiary/aromatic N) is 1. The summed E-state index contributed by atoms with van der Waals surface area (Å²) in [6.07, 6.45) is 1.75. The van der Waals surface area contributed by atoms with Crippen LogP contribution >= 0.6 is 23.4 Å². The van der Waals surface area contributed by atoms with Crippen molar-refractivity contribution in [1.82, 2.24) is 5.43 Å². The zero-order valence-electron chi connectivity index (χ0n) is 14.2. The van der Waals surface area contributed by atoms with Gasteiger partial charge in [0.15, 0.2) is 0 Å². The normalized spacial score (nSPS) is 11.0. The summed E-state index contributed by atoms with van der Waals surface area (Å²) in [5.41, 5.74) is 4.56. The number of rotatable bonds is 8. The number of hydrogen-bond donors (Lipinski definition) is 1. The fourth-order valence-corrected chi connectivity index (χ4v) is 2.86. The maximum absolute atomic E-state index is 11.8. The largest absolute Gasteiger partial charge is 0.491 e. The molecule has 132 valence electrons. The Morgan fingerprint density at radius 2 is 1.88 bits per heavy atom. The number of nitrogens with one attached hydrogen (secondary N) is 1. The van der Waals surface area contributed by atoms with Gasteiger partial charge in [0.25, 0.3) is 0 Å². The molecule has 0 spiro atoms. The summed E-state index contributed by atoms with van der Waals surface area (Å²) in [6.45, 7) is 3.96. The molecule has 0 aromatic heterocycles. The molecule has 1 N–H and O–H groups in total. The first-order valence-electron chi connectivity index (χ1n) is 7.94. The molecular weight excluding hydrogens is 356 g/mol. The van der Waals surface area contributed by atoms with Gasteiger partial charge in [0, 0.05) is 10.8 Å². The van der Waals surface area contributed by atoms with Crippen molar-refractivity contribution < 1.29 is 9.53 Å². The van der Waals surface area contributed by atoms with Gasteiger partial charge in [-0.15, -0.1) is 11.8 Å².